The van der Waals surface area contributed by atoms with Gasteiger partial charge in [0.05, 0.1) is 0 Å². The normalized spacial score (nSPS) is 19.2. The number of carbonyl (C=O) groups excluding carboxylic acids is 1. The van der Waals surface area contributed by atoms with Gasteiger partial charge in [-0.1, -0.05) is 35.9 Å². The molecule has 3 aromatic rings. The molecule has 146 valence electrons. The van der Waals surface area contributed by atoms with Gasteiger partial charge in [-0.2, -0.15) is 0 Å². The Balaban J connectivity index is 1.52. The van der Waals surface area contributed by atoms with Crippen molar-refractivity contribution >= 4 is 16.8 Å². The number of amides is 1. The third kappa shape index (κ3) is 3.67. The second kappa shape index (κ2) is 7.76. The van der Waals surface area contributed by atoms with Crippen molar-refractivity contribution in [2.75, 3.05) is 13.1 Å². The molecular weight excluding hydrogens is 353 g/mol. The molecule has 28 heavy (non-hydrogen) atoms. The molecule has 1 aliphatic rings. The molecule has 0 bridgehead atoms. The molecule has 0 unspecified atom stereocenters. The first-order valence-electron chi connectivity index (χ1n) is 9.91. The molecule has 5 heteroatoms. The van der Waals surface area contributed by atoms with Gasteiger partial charge in [-0.3, -0.25) is 4.79 Å². The van der Waals surface area contributed by atoms with Crippen molar-refractivity contribution in [1.29, 1.82) is 0 Å². The van der Waals surface area contributed by atoms with Crippen molar-refractivity contribution in [1.82, 2.24) is 10.3 Å². The van der Waals surface area contributed by atoms with Crippen molar-refractivity contribution < 1.29 is 9.18 Å². The van der Waals surface area contributed by atoms with E-state index < -0.39 is 5.82 Å². The predicted molar refractivity (Wildman–Crippen MR) is 111 cm³/mol. The second-order valence-electron chi connectivity index (χ2n) is 7.93. The van der Waals surface area contributed by atoms with Crippen LogP contribution in [0.1, 0.15) is 35.3 Å². The number of aromatic nitrogens is 1. The minimum absolute atomic E-state index is 0.00410. The molecule has 1 saturated carbocycles. The zero-order valence-corrected chi connectivity index (χ0v) is 16.1. The summed E-state index contributed by atoms with van der Waals surface area (Å²) in [5, 5.41) is 3.32. The first kappa shape index (κ1) is 18.7. The lowest BCUT2D eigenvalue weighted by molar-refractivity contribution is 0.0939. The molecule has 0 saturated heterocycles. The number of aromatic amines is 1. The third-order valence-corrected chi connectivity index (χ3v) is 5.88. The number of nitrogens with two attached hydrogens (primary N) is 1. The van der Waals surface area contributed by atoms with E-state index in [1.165, 1.54) is 5.56 Å². The molecule has 4 rings (SSSR count). The maximum Gasteiger partial charge on any atom is 0.270 e. The van der Waals surface area contributed by atoms with Crippen LogP contribution < -0.4 is 11.1 Å². The number of hydrogen-bond donors (Lipinski definition) is 3. The van der Waals surface area contributed by atoms with Crippen molar-refractivity contribution in [3.8, 4) is 11.1 Å². The zero-order chi connectivity index (χ0) is 19.7. The van der Waals surface area contributed by atoms with E-state index in [0.29, 0.717) is 35.8 Å². The highest BCUT2D eigenvalue weighted by Crippen LogP contribution is 2.30. The molecule has 1 heterocycles. The minimum atomic E-state index is -0.491. The zero-order valence-electron chi connectivity index (χ0n) is 16.1. The van der Waals surface area contributed by atoms with Crippen LogP contribution in [0.2, 0.25) is 0 Å². The van der Waals surface area contributed by atoms with E-state index in [1.54, 1.807) is 6.07 Å². The average Bonchev–Trinajstić information content (AvgIpc) is 3.31. The van der Waals surface area contributed by atoms with Gasteiger partial charge in [0.15, 0.2) is 5.82 Å². The summed E-state index contributed by atoms with van der Waals surface area (Å²) in [6.45, 7) is 3.31. The van der Waals surface area contributed by atoms with Gasteiger partial charge < -0.3 is 16.0 Å². The van der Waals surface area contributed by atoms with Crippen LogP contribution >= 0.6 is 0 Å². The fourth-order valence-corrected chi connectivity index (χ4v) is 4.15. The van der Waals surface area contributed by atoms with Gasteiger partial charge in [0.2, 0.25) is 0 Å². The third-order valence-electron chi connectivity index (χ3n) is 5.88. The van der Waals surface area contributed by atoms with E-state index in [2.05, 4.69) is 10.3 Å². The Morgan fingerprint density at radius 2 is 1.86 bits per heavy atom. The number of rotatable bonds is 5. The van der Waals surface area contributed by atoms with Gasteiger partial charge in [0, 0.05) is 17.4 Å². The average molecular weight is 379 g/mol. The van der Waals surface area contributed by atoms with Crippen molar-refractivity contribution in [3.63, 3.8) is 0 Å². The van der Waals surface area contributed by atoms with Gasteiger partial charge in [-0.25, -0.2) is 4.39 Å². The van der Waals surface area contributed by atoms with E-state index >= 15 is 0 Å². The molecule has 0 aliphatic heterocycles. The number of fused-ring (bicyclic) bond motifs is 1. The second-order valence-corrected chi connectivity index (χ2v) is 7.93. The fraction of sp³-hybridized carbons (Fsp3) is 0.348. The summed E-state index contributed by atoms with van der Waals surface area (Å²) in [4.78, 5) is 15.5. The van der Waals surface area contributed by atoms with Gasteiger partial charge in [0.1, 0.15) is 5.69 Å². The molecule has 1 amide bonds. The number of aryl methyl sites for hydroxylation is 1. The van der Waals surface area contributed by atoms with Gasteiger partial charge in [-0.05, 0) is 67.8 Å². The van der Waals surface area contributed by atoms with Crippen LogP contribution in [0.15, 0.2) is 42.5 Å². The molecule has 2 atom stereocenters. The van der Waals surface area contributed by atoms with E-state index in [4.69, 9.17) is 5.73 Å². The molecule has 4 nitrogen and oxygen atoms in total. The lowest BCUT2D eigenvalue weighted by Gasteiger charge is -2.11. The first-order valence-corrected chi connectivity index (χ1v) is 9.91. The van der Waals surface area contributed by atoms with E-state index in [1.807, 2.05) is 43.3 Å². The summed E-state index contributed by atoms with van der Waals surface area (Å²) in [5.74, 6) is 0.0981. The van der Waals surface area contributed by atoms with Crippen LogP contribution in [0, 0.1) is 24.6 Å². The lowest BCUT2D eigenvalue weighted by Crippen LogP contribution is -2.29. The Labute approximate surface area is 164 Å². The molecule has 4 N–H and O–H groups in total. The van der Waals surface area contributed by atoms with Crippen LogP contribution in [0.5, 0.6) is 0 Å². The molecule has 0 radical (unpaired) electrons. The van der Waals surface area contributed by atoms with Gasteiger partial charge >= 0.3 is 0 Å². The Kier molecular flexibility index (Phi) is 5.18. The summed E-state index contributed by atoms with van der Waals surface area (Å²) in [6, 6.07) is 13.7. The highest BCUT2D eigenvalue weighted by Gasteiger charge is 2.25. The summed E-state index contributed by atoms with van der Waals surface area (Å²) in [5.41, 5.74) is 9.59. The monoisotopic (exact) mass is 379 g/mol. The minimum Gasteiger partial charge on any atom is -0.350 e. The maximum absolute atomic E-state index is 14.8. The predicted octanol–water partition coefficient (Wildman–Crippen LogP) is 4.39. The number of nitrogens with one attached hydrogen (secondary N) is 2. The fourth-order valence-electron chi connectivity index (χ4n) is 4.15. The van der Waals surface area contributed by atoms with Gasteiger partial charge in [0.25, 0.3) is 5.91 Å². The van der Waals surface area contributed by atoms with Crippen molar-refractivity contribution in [2.45, 2.75) is 26.2 Å². The highest BCUT2D eigenvalue weighted by atomic mass is 19.1. The summed E-state index contributed by atoms with van der Waals surface area (Å²) >= 11 is 0. The van der Waals surface area contributed by atoms with E-state index in [0.717, 1.165) is 30.4 Å². The van der Waals surface area contributed by atoms with Crippen LogP contribution in [0.25, 0.3) is 22.0 Å². The SMILES string of the molecule is Cc1ccc(-c2ccc3c(F)c(C(=O)NC[C@H]4CC[C@@H](CN)C4)[nH]c3c2)cc1. The molecule has 2 aromatic carbocycles. The smallest absolute Gasteiger partial charge is 0.270 e. The largest absolute Gasteiger partial charge is 0.350 e. The highest BCUT2D eigenvalue weighted by molar-refractivity contribution is 5.99. The van der Waals surface area contributed by atoms with Crippen LogP contribution in [0.4, 0.5) is 4.39 Å². The molecule has 1 aliphatic carbocycles. The van der Waals surface area contributed by atoms with Crippen LogP contribution in [-0.4, -0.2) is 24.0 Å². The summed E-state index contributed by atoms with van der Waals surface area (Å²) in [6.07, 6.45) is 3.21. The number of hydrogen-bond acceptors (Lipinski definition) is 2. The molecule has 0 spiro atoms. The molecule has 1 aromatic heterocycles. The van der Waals surface area contributed by atoms with Crippen LogP contribution in [0.3, 0.4) is 0 Å². The van der Waals surface area contributed by atoms with Crippen LogP contribution in [-0.2, 0) is 0 Å². The number of halogens is 1. The number of H-pyrrole nitrogens is 1. The Bertz CT molecular complexity index is 993. The van der Waals surface area contributed by atoms with E-state index in [-0.39, 0.29) is 11.6 Å². The number of carbonyl (C=O) groups is 1. The lowest BCUT2D eigenvalue weighted by atomic mass is 10.0. The Morgan fingerprint density at radius 1 is 1.14 bits per heavy atom. The number of benzene rings is 2. The van der Waals surface area contributed by atoms with Crippen molar-refractivity contribution in [3.05, 3.63) is 59.5 Å². The van der Waals surface area contributed by atoms with Gasteiger partial charge in [-0.15, -0.1) is 0 Å². The van der Waals surface area contributed by atoms with Crippen molar-refractivity contribution in [2.24, 2.45) is 17.6 Å². The summed E-state index contributed by atoms with van der Waals surface area (Å²) in [7, 11) is 0. The van der Waals surface area contributed by atoms with E-state index in [9.17, 15) is 9.18 Å². The Hall–Kier alpha value is -2.66. The summed E-state index contributed by atoms with van der Waals surface area (Å²) < 4.78 is 14.8. The molecular formula is C23H26FN3O. The first-order chi connectivity index (χ1) is 13.5. The topological polar surface area (TPSA) is 70.9 Å². The maximum atomic E-state index is 14.8. The molecule has 1 fully saturated rings. The standard InChI is InChI=1S/C23H26FN3O/c1-14-2-6-17(7-3-14)18-8-9-19-20(11-18)27-22(21(19)24)23(28)26-13-16-5-4-15(10-16)12-25/h2-3,6-9,11,15-16,27H,4-5,10,12-13,25H2,1H3,(H,26,28)/t15-,16+/m1/s1. The Morgan fingerprint density at radius 3 is 2.57 bits per heavy atom. The quantitative estimate of drug-likeness (QED) is 0.615.